The molecule has 116 valence electrons. The molecule has 0 aromatic heterocycles. The average Bonchev–Trinajstić information content (AvgIpc) is 2.95. The molecule has 1 amide bonds. The van der Waals surface area contributed by atoms with Crippen LogP contribution in [0.1, 0.15) is 19.8 Å². The number of benzene rings is 1. The van der Waals surface area contributed by atoms with Crippen molar-refractivity contribution in [2.24, 2.45) is 0 Å². The van der Waals surface area contributed by atoms with E-state index in [-0.39, 0.29) is 18.6 Å². The van der Waals surface area contributed by atoms with Crippen molar-refractivity contribution in [1.29, 1.82) is 0 Å². The third-order valence-corrected chi connectivity index (χ3v) is 3.64. The number of likely N-dealkylation sites (N-methyl/N-ethyl adjacent to an activating group) is 1. The molecule has 1 aliphatic rings. The van der Waals surface area contributed by atoms with Gasteiger partial charge in [0.1, 0.15) is 0 Å². The highest BCUT2D eigenvalue weighted by atomic mass is 16.5. The molecule has 0 spiro atoms. The van der Waals surface area contributed by atoms with E-state index in [0.717, 1.165) is 25.9 Å². The Morgan fingerprint density at radius 1 is 1.33 bits per heavy atom. The summed E-state index contributed by atoms with van der Waals surface area (Å²) in [7, 11) is 1.91. The zero-order valence-electron chi connectivity index (χ0n) is 12.8. The van der Waals surface area contributed by atoms with Gasteiger partial charge in [-0.3, -0.25) is 4.79 Å². The molecule has 1 saturated heterocycles. The summed E-state index contributed by atoms with van der Waals surface area (Å²) in [6, 6.07) is 7.73. The Balaban J connectivity index is 1.92. The fourth-order valence-corrected chi connectivity index (χ4v) is 2.68. The van der Waals surface area contributed by atoms with E-state index >= 15 is 0 Å². The van der Waals surface area contributed by atoms with Crippen molar-refractivity contribution >= 4 is 5.91 Å². The topological polar surface area (TPSA) is 50.8 Å². The lowest BCUT2D eigenvalue weighted by Gasteiger charge is -2.24. The molecule has 1 atom stereocenters. The molecule has 1 aromatic carbocycles. The van der Waals surface area contributed by atoms with Gasteiger partial charge in [-0.1, -0.05) is 12.1 Å². The van der Waals surface area contributed by atoms with Gasteiger partial charge in [-0.05, 0) is 38.9 Å². The summed E-state index contributed by atoms with van der Waals surface area (Å²) in [4.78, 5) is 14.2. The first kappa shape index (κ1) is 15.6. The van der Waals surface area contributed by atoms with Crippen molar-refractivity contribution in [3.05, 3.63) is 24.3 Å². The smallest absolute Gasteiger partial charge is 0.260 e. The van der Waals surface area contributed by atoms with Crippen LogP contribution in [0.2, 0.25) is 0 Å². The lowest BCUT2D eigenvalue weighted by molar-refractivity contribution is -0.134. The zero-order valence-corrected chi connectivity index (χ0v) is 12.8. The summed E-state index contributed by atoms with van der Waals surface area (Å²) in [6.07, 6.45) is 2.12. The van der Waals surface area contributed by atoms with E-state index in [1.165, 1.54) is 0 Å². The van der Waals surface area contributed by atoms with Crippen LogP contribution in [0.4, 0.5) is 0 Å². The highest BCUT2D eigenvalue weighted by Gasteiger charge is 2.28. The Bertz CT molecular complexity index is 465. The Labute approximate surface area is 126 Å². The van der Waals surface area contributed by atoms with Crippen LogP contribution in [0.5, 0.6) is 11.5 Å². The largest absolute Gasteiger partial charge is 0.490 e. The molecule has 1 heterocycles. The average molecular weight is 292 g/mol. The zero-order chi connectivity index (χ0) is 15.1. The maximum absolute atomic E-state index is 12.3. The summed E-state index contributed by atoms with van der Waals surface area (Å²) in [5.74, 6) is 1.34. The molecular formula is C16H24N2O3. The molecule has 1 aromatic rings. The number of hydrogen-bond acceptors (Lipinski definition) is 4. The van der Waals surface area contributed by atoms with Gasteiger partial charge in [-0.2, -0.15) is 0 Å². The molecule has 1 aliphatic heterocycles. The molecule has 1 fully saturated rings. The van der Waals surface area contributed by atoms with Crippen LogP contribution in [0.25, 0.3) is 0 Å². The minimum atomic E-state index is 0.0408. The molecule has 5 heteroatoms. The predicted octanol–water partition coefficient (Wildman–Crippen LogP) is 1.67. The van der Waals surface area contributed by atoms with E-state index in [4.69, 9.17) is 9.47 Å². The van der Waals surface area contributed by atoms with Crippen molar-refractivity contribution in [3.63, 3.8) is 0 Å². The van der Waals surface area contributed by atoms with Crippen molar-refractivity contribution in [1.82, 2.24) is 10.2 Å². The minimum absolute atomic E-state index is 0.0408. The second-order valence-electron chi connectivity index (χ2n) is 5.11. The fourth-order valence-electron chi connectivity index (χ4n) is 2.68. The van der Waals surface area contributed by atoms with Gasteiger partial charge in [0.25, 0.3) is 5.91 Å². The number of amides is 1. The number of carbonyl (C=O) groups is 1. The third kappa shape index (κ3) is 4.11. The van der Waals surface area contributed by atoms with E-state index < -0.39 is 0 Å². The van der Waals surface area contributed by atoms with Crippen molar-refractivity contribution in [3.8, 4) is 11.5 Å². The molecule has 2 rings (SSSR count). The molecule has 1 N–H and O–H groups in total. The first-order valence-electron chi connectivity index (χ1n) is 7.55. The molecule has 0 bridgehead atoms. The van der Waals surface area contributed by atoms with Crippen LogP contribution in [-0.2, 0) is 4.79 Å². The van der Waals surface area contributed by atoms with Crippen LogP contribution in [0.3, 0.4) is 0 Å². The number of para-hydroxylation sites is 2. The van der Waals surface area contributed by atoms with Gasteiger partial charge in [0.15, 0.2) is 18.1 Å². The summed E-state index contributed by atoms with van der Waals surface area (Å²) < 4.78 is 11.1. The van der Waals surface area contributed by atoms with Crippen LogP contribution >= 0.6 is 0 Å². The summed E-state index contributed by atoms with van der Waals surface area (Å²) >= 11 is 0. The van der Waals surface area contributed by atoms with E-state index in [9.17, 15) is 4.79 Å². The van der Waals surface area contributed by atoms with Gasteiger partial charge in [-0.15, -0.1) is 0 Å². The third-order valence-electron chi connectivity index (χ3n) is 3.64. The lowest BCUT2D eigenvalue weighted by atomic mass is 10.2. The van der Waals surface area contributed by atoms with Crippen LogP contribution in [0, 0.1) is 0 Å². The Morgan fingerprint density at radius 3 is 2.71 bits per heavy atom. The Hall–Kier alpha value is -1.75. The number of likely N-dealkylation sites (tertiary alicyclic amines) is 1. The molecule has 0 saturated carbocycles. The van der Waals surface area contributed by atoms with Gasteiger partial charge in [0, 0.05) is 19.1 Å². The molecular weight excluding hydrogens is 268 g/mol. The summed E-state index contributed by atoms with van der Waals surface area (Å²) in [5.41, 5.74) is 0. The van der Waals surface area contributed by atoms with E-state index in [1.54, 1.807) is 0 Å². The summed E-state index contributed by atoms with van der Waals surface area (Å²) in [6.45, 7) is 4.21. The second-order valence-corrected chi connectivity index (χ2v) is 5.11. The highest BCUT2D eigenvalue weighted by Crippen LogP contribution is 2.26. The van der Waals surface area contributed by atoms with E-state index in [2.05, 4.69) is 5.32 Å². The standard InChI is InChI=1S/C16H24N2O3/c1-3-20-14-8-4-5-9-15(14)21-12-16(19)18-10-6-7-13(18)11-17-2/h4-5,8-9,13,17H,3,6-7,10-12H2,1-2H3. The van der Waals surface area contributed by atoms with Gasteiger partial charge in [-0.25, -0.2) is 0 Å². The molecule has 21 heavy (non-hydrogen) atoms. The van der Waals surface area contributed by atoms with Crippen LogP contribution in [0.15, 0.2) is 24.3 Å². The SMILES string of the molecule is CCOc1ccccc1OCC(=O)N1CCCC1CNC. The van der Waals surface area contributed by atoms with Crippen molar-refractivity contribution in [2.45, 2.75) is 25.8 Å². The minimum Gasteiger partial charge on any atom is -0.490 e. The number of carbonyl (C=O) groups excluding carboxylic acids is 1. The first-order valence-corrected chi connectivity index (χ1v) is 7.55. The number of rotatable bonds is 7. The van der Waals surface area contributed by atoms with Gasteiger partial charge in [0.05, 0.1) is 6.61 Å². The lowest BCUT2D eigenvalue weighted by Crippen LogP contribution is -2.43. The van der Waals surface area contributed by atoms with Gasteiger partial charge in [0.2, 0.25) is 0 Å². The molecule has 5 nitrogen and oxygen atoms in total. The fraction of sp³-hybridized carbons (Fsp3) is 0.562. The van der Waals surface area contributed by atoms with E-state index in [1.807, 2.05) is 43.1 Å². The molecule has 0 radical (unpaired) electrons. The van der Waals surface area contributed by atoms with Crippen molar-refractivity contribution in [2.75, 3.05) is 33.4 Å². The maximum atomic E-state index is 12.3. The van der Waals surface area contributed by atoms with Gasteiger partial charge >= 0.3 is 0 Å². The Kier molecular flexibility index (Phi) is 5.87. The molecule has 0 aliphatic carbocycles. The predicted molar refractivity (Wildman–Crippen MR) is 81.8 cm³/mol. The Morgan fingerprint density at radius 2 is 2.05 bits per heavy atom. The first-order chi connectivity index (χ1) is 10.3. The molecule has 1 unspecified atom stereocenters. The number of nitrogens with one attached hydrogen (secondary N) is 1. The highest BCUT2D eigenvalue weighted by molar-refractivity contribution is 5.78. The van der Waals surface area contributed by atoms with Crippen molar-refractivity contribution < 1.29 is 14.3 Å². The van der Waals surface area contributed by atoms with Crippen LogP contribution < -0.4 is 14.8 Å². The normalized spacial score (nSPS) is 17.8. The van der Waals surface area contributed by atoms with Crippen LogP contribution in [-0.4, -0.2) is 50.2 Å². The summed E-state index contributed by atoms with van der Waals surface area (Å²) in [5, 5.41) is 3.14. The number of ether oxygens (including phenoxy) is 2. The number of nitrogens with zero attached hydrogens (tertiary/aromatic N) is 1. The van der Waals surface area contributed by atoms with Gasteiger partial charge < -0.3 is 19.7 Å². The van der Waals surface area contributed by atoms with E-state index in [0.29, 0.717) is 18.1 Å². The maximum Gasteiger partial charge on any atom is 0.260 e. The quantitative estimate of drug-likeness (QED) is 0.830. The monoisotopic (exact) mass is 292 g/mol. The second kappa shape index (κ2) is 7.88. The number of hydrogen-bond donors (Lipinski definition) is 1.